The number of pyridine rings is 1. The van der Waals surface area contributed by atoms with E-state index in [0.717, 1.165) is 10.9 Å². The van der Waals surface area contributed by atoms with Gasteiger partial charge in [-0.3, -0.25) is 4.98 Å². The molecule has 2 rings (SSSR count). The van der Waals surface area contributed by atoms with Crippen LogP contribution < -0.4 is 0 Å². The summed E-state index contributed by atoms with van der Waals surface area (Å²) in [4.78, 5) is 5.50. The highest BCUT2D eigenvalue weighted by atomic mass is 32.1. The first-order valence-corrected chi connectivity index (χ1v) is 6.64. The van der Waals surface area contributed by atoms with Gasteiger partial charge in [-0.2, -0.15) is 13.2 Å². The molecule has 0 radical (unpaired) electrons. The lowest BCUT2D eigenvalue weighted by molar-refractivity contribution is -0.137. The Hall–Kier alpha value is -1.36. The normalized spacial score (nSPS) is 12.7. The third-order valence-corrected chi connectivity index (χ3v) is 4.21. The number of hydrogen-bond donors (Lipinski definition) is 0. The van der Waals surface area contributed by atoms with E-state index in [1.807, 2.05) is 26.8 Å². The van der Waals surface area contributed by atoms with Crippen molar-refractivity contribution in [2.45, 2.75) is 32.4 Å². The molecule has 0 aliphatic heterocycles. The summed E-state index contributed by atoms with van der Waals surface area (Å²) < 4.78 is 38.8. The zero-order valence-electron chi connectivity index (χ0n) is 10.9. The lowest BCUT2D eigenvalue weighted by atomic mass is 9.95. The fourth-order valence-corrected chi connectivity index (χ4v) is 2.77. The topological polar surface area (TPSA) is 12.9 Å². The molecule has 0 saturated carbocycles. The average molecular weight is 285 g/mol. The molecule has 0 aromatic carbocycles. The molecule has 1 nitrogen and oxygen atoms in total. The number of hydrogen-bond acceptors (Lipinski definition) is 2. The number of aromatic nitrogens is 1. The van der Waals surface area contributed by atoms with Crippen LogP contribution in [-0.2, 0) is 11.6 Å². The molecule has 0 spiro atoms. The van der Waals surface area contributed by atoms with Gasteiger partial charge in [0.1, 0.15) is 0 Å². The molecular formula is C14H14F3NS. The molecule has 102 valence electrons. The molecule has 0 unspecified atom stereocenters. The number of nitrogens with zero attached hydrogens (tertiary/aromatic N) is 1. The third-order valence-electron chi connectivity index (χ3n) is 2.69. The maximum absolute atomic E-state index is 12.9. The SMILES string of the molecule is CC(C)(C)c1ccc(-c2ncccc2C(F)(F)F)s1. The van der Waals surface area contributed by atoms with Crippen LogP contribution in [0, 0.1) is 0 Å². The Kier molecular flexibility index (Phi) is 3.43. The molecule has 0 amide bonds. The van der Waals surface area contributed by atoms with Crippen molar-refractivity contribution in [1.82, 2.24) is 4.98 Å². The van der Waals surface area contributed by atoms with Crippen molar-refractivity contribution in [3.8, 4) is 10.6 Å². The lowest BCUT2D eigenvalue weighted by Crippen LogP contribution is -2.08. The highest BCUT2D eigenvalue weighted by Crippen LogP contribution is 2.40. The van der Waals surface area contributed by atoms with Crippen LogP contribution in [0.2, 0.25) is 0 Å². The average Bonchev–Trinajstić information content (AvgIpc) is 2.76. The Labute approximate surface area is 114 Å². The summed E-state index contributed by atoms with van der Waals surface area (Å²) in [6, 6.07) is 5.96. The van der Waals surface area contributed by atoms with Gasteiger partial charge in [0.2, 0.25) is 0 Å². The van der Waals surface area contributed by atoms with Crippen LogP contribution in [0.5, 0.6) is 0 Å². The van der Waals surface area contributed by atoms with E-state index in [4.69, 9.17) is 0 Å². The fourth-order valence-electron chi connectivity index (χ4n) is 1.70. The van der Waals surface area contributed by atoms with Crippen molar-refractivity contribution in [1.29, 1.82) is 0 Å². The van der Waals surface area contributed by atoms with Gasteiger partial charge < -0.3 is 0 Å². The summed E-state index contributed by atoms with van der Waals surface area (Å²) in [5.41, 5.74) is -0.747. The van der Waals surface area contributed by atoms with Crippen molar-refractivity contribution in [2.75, 3.05) is 0 Å². The van der Waals surface area contributed by atoms with Crippen LogP contribution in [0.15, 0.2) is 30.5 Å². The minimum absolute atomic E-state index is 0.00972. The molecule has 2 heterocycles. The Morgan fingerprint density at radius 3 is 2.26 bits per heavy atom. The summed E-state index contributed by atoms with van der Waals surface area (Å²) in [6.07, 6.45) is -2.99. The van der Waals surface area contributed by atoms with Gasteiger partial charge in [-0.1, -0.05) is 20.8 Å². The number of halogens is 3. The van der Waals surface area contributed by atoms with E-state index in [0.29, 0.717) is 4.88 Å². The molecule has 0 aliphatic rings. The molecule has 0 bridgehead atoms. The van der Waals surface area contributed by atoms with E-state index in [9.17, 15) is 13.2 Å². The monoisotopic (exact) mass is 285 g/mol. The maximum Gasteiger partial charge on any atom is 0.418 e. The summed E-state index contributed by atoms with van der Waals surface area (Å²) in [6.45, 7) is 6.10. The van der Waals surface area contributed by atoms with Crippen molar-refractivity contribution in [3.05, 3.63) is 40.9 Å². The Balaban J connectivity index is 2.52. The quantitative estimate of drug-likeness (QED) is 0.708. The van der Waals surface area contributed by atoms with Gasteiger partial charge in [-0.25, -0.2) is 0 Å². The molecule has 0 aliphatic carbocycles. The smallest absolute Gasteiger partial charge is 0.255 e. The molecule has 19 heavy (non-hydrogen) atoms. The fraction of sp³-hybridized carbons (Fsp3) is 0.357. The zero-order valence-corrected chi connectivity index (χ0v) is 11.7. The van der Waals surface area contributed by atoms with Crippen molar-refractivity contribution in [3.63, 3.8) is 0 Å². The highest BCUT2D eigenvalue weighted by molar-refractivity contribution is 7.15. The van der Waals surface area contributed by atoms with Crippen molar-refractivity contribution < 1.29 is 13.2 Å². The first kappa shape index (κ1) is 14.1. The Morgan fingerprint density at radius 1 is 1.05 bits per heavy atom. The summed E-state index contributed by atoms with van der Waals surface area (Å²) >= 11 is 1.36. The second-order valence-corrected chi connectivity index (χ2v) is 6.40. The predicted octanol–water partition coefficient (Wildman–Crippen LogP) is 5.13. The van der Waals surface area contributed by atoms with Crippen LogP contribution in [0.4, 0.5) is 13.2 Å². The molecule has 0 fully saturated rings. The summed E-state index contributed by atoms with van der Waals surface area (Å²) in [5, 5.41) is 0. The van der Waals surface area contributed by atoms with Crippen molar-refractivity contribution >= 4 is 11.3 Å². The summed E-state index contributed by atoms with van der Waals surface area (Å²) in [7, 11) is 0. The van der Waals surface area contributed by atoms with Gasteiger partial charge in [0, 0.05) is 11.1 Å². The zero-order chi connectivity index (χ0) is 14.3. The molecule has 5 heteroatoms. The van der Waals surface area contributed by atoms with E-state index in [2.05, 4.69) is 4.98 Å². The van der Waals surface area contributed by atoms with Gasteiger partial charge in [-0.15, -0.1) is 11.3 Å². The molecular weight excluding hydrogens is 271 g/mol. The molecule has 0 saturated heterocycles. The van der Waals surface area contributed by atoms with Gasteiger partial charge >= 0.3 is 6.18 Å². The number of alkyl halides is 3. The largest absolute Gasteiger partial charge is 0.418 e. The Bertz CT molecular complexity index is 579. The molecule has 0 atom stereocenters. The standard InChI is InChI=1S/C14H14F3NS/c1-13(2,3)11-7-6-10(19-11)12-9(14(15,16)17)5-4-8-18-12/h4-8H,1-3H3. The van der Waals surface area contributed by atoms with Gasteiger partial charge in [0.05, 0.1) is 16.1 Å². The lowest BCUT2D eigenvalue weighted by Gasteiger charge is -2.15. The van der Waals surface area contributed by atoms with Crippen molar-refractivity contribution in [2.24, 2.45) is 0 Å². The van der Waals surface area contributed by atoms with E-state index >= 15 is 0 Å². The summed E-state index contributed by atoms with van der Waals surface area (Å²) in [5.74, 6) is 0. The van der Waals surface area contributed by atoms with Crippen LogP contribution in [0.1, 0.15) is 31.2 Å². The number of rotatable bonds is 1. The third kappa shape index (κ3) is 2.97. The number of thiophene rings is 1. The van der Waals surface area contributed by atoms with Gasteiger partial charge in [0.25, 0.3) is 0 Å². The second-order valence-electron chi connectivity index (χ2n) is 5.31. The van der Waals surface area contributed by atoms with Crippen LogP contribution >= 0.6 is 11.3 Å². The maximum atomic E-state index is 12.9. The van der Waals surface area contributed by atoms with Gasteiger partial charge in [0.15, 0.2) is 0 Å². The molecule has 0 N–H and O–H groups in total. The highest BCUT2D eigenvalue weighted by Gasteiger charge is 2.34. The van der Waals surface area contributed by atoms with Crippen LogP contribution in [-0.4, -0.2) is 4.98 Å². The van der Waals surface area contributed by atoms with E-state index in [1.165, 1.54) is 23.6 Å². The van der Waals surface area contributed by atoms with E-state index in [1.54, 1.807) is 6.07 Å². The predicted molar refractivity (Wildman–Crippen MR) is 71.3 cm³/mol. The second kappa shape index (κ2) is 4.63. The van der Waals surface area contributed by atoms with Gasteiger partial charge in [-0.05, 0) is 29.7 Å². The first-order chi connectivity index (χ1) is 8.69. The van der Waals surface area contributed by atoms with E-state index in [-0.39, 0.29) is 11.1 Å². The van der Waals surface area contributed by atoms with Crippen LogP contribution in [0.25, 0.3) is 10.6 Å². The first-order valence-electron chi connectivity index (χ1n) is 5.82. The molecule has 2 aromatic heterocycles. The molecule has 2 aromatic rings. The Morgan fingerprint density at radius 2 is 1.74 bits per heavy atom. The van der Waals surface area contributed by atoms with E-state index < -0.39 is 11.7 Å². The van der Waals surface area contributed by atoms with Crippen LogP contribution in [0.3, 0.4) is 0 Å². The minimum Gasteiger partial charge on any atom is -0.255 e. The minimum atomic E-state index is -4.38.